The Kier molecular flexibility index (Phi) is 2.07. The molecule has 0 bridgehead atoms. The predicted octanol–water partition coefficient (Wildman–Crippen LogP) is 3.79. The summed E-state index contributed by atoms with van der Waals surface area (Å²) in [5.41, 5.74) is 10.2. The molecule has 0 saturated carbocycles. The zero-order valence-electron chi connectivity index (χ0n) is 8.95. The fourth-order valence-electron chi connectivity index (χ4n) is 1.86. The Morgan fingerprint density at radius 1 is 1.06 bits per heavy atom. The van der Waals surface area contributed by atoms with E-state index in [4.69, 9.17) is 5.73 Å². The Bertz CT molecular complexity index is 564. The van der Waals surface area contributed by atoms with Crippen molar-refractivity contribution < 1.29 is 0 Å². The number of para-hydroxylation sites is 1. The van der Waals surface area contributed by atoms with E-state index in [9.17, 15) is 0 Å². The number of nitrogens with one attached hydrogen (secondary N) is 1. The van der Waals surface area contributed by atoms with E-state index < -0.39 is 0 Å². The second kappa shape index (κ2) is 3.46. The predicted molar refractivity (Wildman–Crippen MR) is 69.4 cm³/mol. The number of hydrogen-bond acceptors (Lipinski definition) is 3. The molecule has 2 aromatic carbocycles. The largest absolute Gasteiger partial charge is 0.398 e. The number of hydrogen-bond donors (Lipinski definition) is 2. The Hall–Kier alpha value is -1.61. The summed E-state index contributed by atoms with van der Waals surface area (Å²) in [6.45, 7) is 2.05. The maximum atomic E-state index is 5.91. The van der Waals surface area contributed by atoms with Crippen molar-refractivity contribution in [2.75, 3.05) is 11.1 Å². The van der Waals surface area contributed by atoms with Crippen LogP contribution in [-0.2, 0) is 0 Å². The summed E-state index contributed by atoms with van der Waals surface area (Å²) in [6.07, 6.45) is 0. The quantitative estimate of drug-likeness (QED) is 0.575. The van der Waals surface area contributed by atoms with Crippen molar-refractivity contribution in [3.8, 4) is 0 Å². The first kappa shape index (κ1) is 9.60. The number of rotatable bonds is 0. The van der Waals surface area contributed by atoms with Gasteiger partial charge in [0.1, 0.15) is 0 Å². The van der Waals surface area contributed by atoms with E-state index in [1.807, 2.05) is 12.1 Å². The maximum Gasteiger partial charge on any atom is 0.0576 e. The average molecular weight is 228 g/mol. The first-order valence-corrected chi connectivity index (χ1v) is 6.00. The van der Waals surface area contributed by atoms with E-state index >= 15 is 0 Å². The number of anilines is 3. The zero-order chi connectivity index (χ0) is 11.1. The maximum absolute atomic E-state index is 5.91. The van der Waals surface area contributed by atoms with Crippen molar-refractivity contribution in [2.24, 2.45) is 0 Å². The van der Waals surface area contributed by atoms with Gasteiger partial charge < -0.3 is 11.1 Å². The van der Waals surface area contributed by atoms with Crippen molar-refractivity contribution >= 4 is 28.8 Å². The van der Waals surface area contributed by atoms with E-state index in [0.717, 1.165) is 22.6 Å². The molecule has 3 N–H and O–H groups in total. The molecule has 1 heterocycles. The fraction of sp³-hybridized carbons (Fsp3) is 0.0769. The summed E-state index contributed by atoms with van der Waals surface area (Å²) >= 11 is 1.79. The summed E-state index contributed by atoms with van der Waals surface area (Å²) in [5, 5.41) is 3.45. The Morgan fingerprint density at radius 3 is 2.75 bits per heavy atom. The van der Waals surface area contributed by atoms with Gasteiger partial charge in [0.05, 0.1) is 11.4 Å². The lowest BCUT2D eigenvalue weighted by Gasteiger charge is -2.23. The van der Waals surface area contributed by atoms with Crippen LogP contribution in [0.2, 0.25) is 0 Å². The third-order valence-electron chi connectivity index (χ3n) is 2.84. The molecule has 0 aliphatic carbocycles. The Labute approximate surface area is 98.9 Å². The van der Waals surface area contributed by atoms with Gasteiger partial charge in [-0.3, -0.25) is 0 Å². The SMILES string of the molecule is Cc1c(N)ccc2c1Nc1ccccc1S2. The monoisotopic (exact) mass is 228 g/mol. The van der Waals surface area contributed by atoms with Gasteiger partial charge in [-0.05, 0) is 36.8 Å². The smallest absolute Gasteiger partial charge is 0.0576 e. The summed E-state index contributed by atoms with van der Waals surface area (Å²) in [7, 11) is 0. The minimum absolute atomic E-state index is 0.839. The number of nitrogen functional groups attached to an aromatic ring is 1. The van der Waals surface area contributed by atoms with Crippen LogP contribution in [-0.4, -0.2) is 0 Å². The molecule has 0 spiro atoms. The number of nitrogens with two attached hydrogens (primary N) is 1. The highest BCUT2D eigenvalue weighted by atomic mass is 32.2. The lowest BCUT2D eigenvalue weighted by Crippen LogP contribution is -2.03. The van der Waals surface area contributed by atoms with Gasteiger partial charge in [0.25, 0.3) is 0 Å². The lowest BCUT2D eigenvalue weighted by molar-refractivity contribution is 1.28. The van der Waals surface area contributed by atoms with Crippen LogP contribution in [0.25, 0.3) is 0 Å². The van der Waals surface area contributed by atoms with Crippen LogP contribution in [0.5, 0.6) is 0 Å². The molecule has 1 aliphatic heterocycles. The van der Waals surface area contributed by atoms with Crippen molar-refractivity contribution in [1.82, 2.24) is 0 Å². The Balaban J connectivity index is 2.16. The third kappa shape index (κ3) is 1.36. The summed E-state index contributed by atoms with van der Waals surface area (Å²) in [4.78, 5) is 2.50. The van der Waals surface area contributed by atoms with Gasteiger partial charge in [0.2, 0.25) is 0 Å². The summed E-state index contributed by atoms with van der Waals surface area (Å²) in [6, 6.07) is 12.4. The molecule has 3 rings (SSSR count). The third-order valence-corrected chi connectivity index (χ3v) is 3.97. The Morgan fingerprint density at radius 2 is 1.88 bits per heavy atom. The second-order valence-corrected chi connectivity index (χ2v) is 4.96. The zero-order valence-corrected chi connectivity index (χ0v) is 9.77. The van der Waals surface area contributed by atoms with Crippen molar-refractivity contribution in [1.29, 1.82) is 0 Å². The topological polar surface area (TPSA) is 38.0 Å². The van der Waals surface area contributed by atoms with E-state index in [-0.39, 0.29) is 0 Å². The van der Waals surface area contributed by atoms with Crippen LogP contribution in [0.15, 0.2) is 46.2 Å². The first-order chi connectivity index (χ1) is 7.75. The molecule has 0 saturated heterocycles. The van der Waals surface area contributed by atoms with Gasteiger partial charge in [-0.1, -0.05) is 23.9 Å². The molecule has 3 heteroatoms. The molecule has 16 heavy (non-hydrogen) atoms. The number of fused-ring (bicyclic) bond motifs is 2. The lowest BCUT2D eigenvalue weighted by atomic mass is 10.1. The first-order valence-electron chi connectivity index (χ1n) is 5.18. The normalized spacial score (nSPS) is 12.6. The van der Waals surface area contributed by atoms with E-state index in [0.29, 0.717) is 0 Å². The molecule has 0 radical (unpaired) electrons. The van der Waals surface area contributed by atoms with Crippen molar-refractivity contribution in [3.05, 3.63) is 42.0 Å². The van der Waals surface area contributed by atoms with Crippen molar-refractivity contribution in [3.63, 3.8) is 0 Å². The highest BCUT2D eigenvalue weighted by molar-refractivity contribution is 7.99. The van der Waals surface area contributed by atoms with Crippen LogP contribution >= 0.6 is 11.8 Å². The van der Waals surface area contributed by atoms with Crippen LogP contribution < -0.4 is 11.1 Å². The van der Waals surface area contributed by atoms with Gasteiger partial charge >= 0.3 is 0 Å². The van der Waals surface area contributed by atoms with E-state index in [1.54, 1.807) is 11.8 Å². The molecule has 0 aromatic heterocycles. The minimum atomic E-state index is 0.839. The number of benzene rings is 2. The molecule has 80 valence electrons. The van der Waals surface area contributed by atoms with Crippen LogP contribution in [0, 0.1) is 6.92 Å². The molecular formula is C13H12N2S. The highest BCUT2D eigenvalue weighted by Gasteiger charge is 2.17. The summed E-state index contributed by atoms with van der Waals surface area (Å²) < 4.78 is 0. The van der Waals surface area contributed by atoms with Gasteiger partial charge in [0.15, 0.2) is 0 Å². The van der Waals surface area contributed by atoms with Crippen LogP contribution in [0.3, 0.4) is 0 Å². The average Bonchev–Trinajstić information content (AvgIpc) is 2.32. The van der Waals surface area contributed by atoms with E-state index in [2.05, 4.69) is 36.5 Å². The van der Waals surface area contributed by atoms with E-state index in [1.165, 1.54) is 9.79 Å². The second-order valence-electron chi connectivity index (χ2n) is 3.88. The molecule has 2 aromatic rings. The fourth-order valence-corrected chi connectivity index (χ4v) is 2.91. The molecule has 2 nitrogen and oxygen atoms in total. The van der Waals surface area contributed by atoms with Crippen LogP contribution in [0.4, 0.5) is 17.1 Å². The van der Waals surface area contributed by atoms with Gasteiger partial charge in [-0.15, -0.1) is 0 Å². The molecule has 0 atom stereocenters. The molecule has 0 unspecified atom stereocenters. The van der Waals surface area contributed by atoms with Gasteiger partial charge in [-0.2, -0.15) is 0 Å². The molecule has 0 amide bonds. The van der Waals surface area contributed by atoms with Gasteiger partial charge in [0, 0.05) is 15.5 Å². The standard InChI is InChI=1S/C13H12N2S/c1-8-9(14)6-7-12-13(8)15-10-4-2-3-5-11(10)16-12/h2-7,15H,14H2,1H3. The van der Waals surface area contributed by atoms with Crippen LogP contribution in [0.1, 0.15) is 5.56 Å². The highest BCUT2D eigenvalue weighted by Crippen LogP contribution is 2.46. The summed E-state index contributed by atoms with van der Waals surface area (Å²) in [5.74, 6) is 0. The molecule has 0 fully saturated rings. The van der Waals surface area contributed by atoms with Gasteiger partial charge in [-0.25, -0.2) is 0 Å². The minimum Gasteiger partial charge on any atom is -0.398 e. The molecule has 1 aliphatic rings. The molecular weight excluding hydrogens is 216 g/mol. The van der Waals surface area contributed by atoms with Crippen molar-refractivity contribution in [2.45, 2.75) is 16.7 Å².